The summed E-state index contributed by atoms with van der Waals surface area (Å²) in [6, 6.07) is 14.8. The van der Waals surface area contributed by atoms with Crippen molar-refractivity contribution in [3.63, 3.8) is 0 Å². The molecule has 0 radical (unpaired) electrons. The lowest BCUT2D eigenvalue weighted by molar-refractivity contribution is -0.114. The van der Waals surface area contributed by atoms with E-state index >= 15 is 0 Å². The van der Waals surface area contributed by atoms with Crippen molar-refractivity contribution in [2.45, 2.75) is 6.92 Å². The number of rotatable bonds is 3. The minimum Gasteiger partial charge on any atom is -0.368 e. The zero-order valence-corrected chi connectivity index (χ0v) is 14.8. The van der Waals surface area contributed by atoms with E-state index in [0.29, 0.717) is 24.3 Å². The Morgan fingerprint density at radius 2 is 1.52 bits per heavy atom. The van der Waals surface area contributed by atoms with Crippen LogP contribution in [0.25, 0.3) is 0 Å². The zero-order chi connectivity index (χ0) is 17.8. The van der Waals surface area contributed by atoms with E-state index in [-0.39, 0.29) is 11.8 Å². The van der Waals surface area contributed by atoms with Crippen molar-refractivity contribution < 1.29 is 9.59 Å². The van der Waals surface area contributed by atoms with Crippen LogP contribution >= 0.6 is 11.6 Å². The van der Waals surface area contributed by atoms with Crippen molar-refractivity contribution in [3.8, 4) is 0 Å². The Bertz CT molecular complexity index is 751. The second-order valence-corrected chi connectivity index (χ2v) is 6.45. The summed E-state index contributed by atoms with van der Waals surface area (Å²) in [4.78, 5) is 27.8. The molecule has 25 heavy (non-hydrogen) atoms. The fourth-order valence-electron chi connectivity index (χ4n) is 2.90. The summed E-state index contributed by atoms with van der Waals surface area (Å²) in [7, 11) is 0. The van der Waals surface area contributed by atoms with Crippen molar-refractivity contribution in [2.24, 2.45) is 0 Å². The lowest BCUT2D eigenvalue weighted by atomic mass is 10.1. The number of carbonyl (C=O) groups excluding carboxylic acids is 2. The number of hydrogen-bond acceptors (Lipinski definition) is 3. The molecule has 0 aromatic heterocycles. The normalized spacial score (nSPS) is 14.3. The molecule has 0 unspecified atom stereocenters. The number of hydrogen-bond donors (Lipinski definition) is 1. The first-order chi connectivity index (χ1) is 12.0. The Labute approximate surface area is 152 Å². The predicted octanol–water partition coefficient (Wildman–Crippen LogP) is 3.26. The highest BCUT2D eigenvalue weighted by atomic mass is 35.5. The molecule has 1 aliphatic rings. The lowest BCUT2D eigenvalue weighted by Gasteiger charge is -2.36. The molecule has 0 spiro atoms. The maximum absolute atomic E-state index is 12.6. The van der Waals surface area contributed by atoms with Gasteiger partial charge in [0.05, 0.1) is 0 Å². The van der Waals surface area contributed by atoms with Crippen LogP contribution in [0.1, 0.15) is 17.3 Å². The summed E-state index contributed by atoms with van der Waals surface area (Å²) in [6.07, 6.45) is 0. The topological polar surface area (TPSA) is 52.7 Å². The Kier molecular flexibility index (Phi) is 5.24. The molecule has 0 bridgehead atoms. The van der Waals surface area contributed by atoms with Gasteiger partial charge in [0.15, 0.2) is 0 Å². The molecular formula is C19H20ClN3O2. The lowest BCUT2D eigenvalue weighted by Crippen LogP contribution is -2.48. The average Bonchev–Trinajstić information content (AvgIpc) is 2.62. The summed E-state index contributed by atoms with van der Waals surface area (Å²) in [6.45, 7) is 4.39. The minimum absolute atomic E-state index is 0.0186. The number of nitrogens with zero attached hydrogens (tertiary/aromatic N) is 2. The van der Waals surface area contributed by atoms with E-state index in [1.165, 1.54) is 6.92 Å². The molecule has 1 fully saturated rings. The molecule has 1 aliphatic heterocycles. The number of piperazine rings is 1. The summed E-state index contributed by atoms with van der Waals surface area (Å²) in [5.74, 6) is -0.109. The van der Waals surface area contributed by atoms with Crippen LogP contribution in [-0.2, 0) is 4.79 Å². The van der Waals surface area contributed by atoms with Gasteiger partial charge in [0.25, 0.3) is 5.91 Å². The molecule has 3 rings (SSSR count). The first kappa shape index (κ1) is 17.3. The van der Waals surface area contributed by atoms with E-state index in [4.69, 9.17) is 11.6 Å². The van der Waals surface area contributed by atoms with Gasteiger partial charge in [-0.05, 0) is 48.5 Å². The van der Waals surface area contributed by atoms with Gasteiger partial charge in [-0.15, -0.1) is 0 Å². The third kappa shape index (κ3) is 4.31. The van der Waals surface area contributed by atoms with Crippen molar-refractivity contribution in [1.82, 2.24) is 4.90 Å². The second kappa shape index (κ2) is 7.57. The maximum atomic E-state index is 12.6. The quantitative estimate of drug-likeness (QED) is 0.917. The average molecular weight is 358 g/mol. The van der Waals surface area contributed by atoms with Gasteiger partial charge in [-0.3, -0.25) is 9.59 Å². The van der Waals surface area contributed by atoms with E-state index in [2.05, 4.69) is 10.2 Å². The van der Waals surface area contributed by atoms with Crippen LogP contribution in [0.2, 0.25) is 5.02 Å². The van der Waals surface area contributed by atoms with Gasteiger partial charge in [-0.2, -0.15) is 0 Å². The molecule has 0 atom stereocenters. The number of halogens is 1. The molecule has 2 aromatic rings. The van der Waals surface area contributed by atoms with E-state index in [9.17, 15) is 9.59 Å². The summed E-state index contributed by atoms with van der Waals surface area (Å²) in [5.41, 5.74) is 2.45. The van der Waals surface area contributed by atoms with Crippen LogP contribution in [0.3, 0.4) is 0 Å². The molecule has 1 heterocycles. The highest BCUT2D eigenvalue weighted by Crippen LogP contribution is 2.20. The first-order valence-corrected chi connectivity index (χ1v) is 8.58. The third-order valence-electron chi connectivity index (χ3n) is 4.21. The van der Waals surface area contributed by atoms with Crippen molar-refractivity contribution in [1.29, 1.82) is 0 Å². The number of benzene rings is 2. The molecule has 2 amide bonds. The standard InChI is InChI=1S/C19H20ClN3O2/c1-14(24)21-17-6-2-15(3-7-17)19(25)23-12-10-22(11-13-23)18-8-4-16(20)5-9-18/h2-9H,10-13H2,1H3,(H,21,24). The fraction of sp³-hybridized carbons (Fsp3) is 0.263. The molecule has 0 saturated carbocycles. The molecular weight excluding hydrogens is 338 g/mol. The molecule has 0 aliphatic carbocycles. The Balaban J connectivity index is 1.59. The van der Waals surface area contributed by atoms with Gasteiger partial charge in [0.1, 0.15) is 0 Å². The van der Waals surface area contributed by atoms with Gasteiger partial charge in [-0.25, -0.2) is 0 Å². The highest BCUT2D eigenvalue weighted by molar-refractivity contribution is 6.30. The van der Waals surface area contributed by atoms with Crippen LogP contribution in [0.5, 0.6) is 0 Å². The van der Waals surface area contributed by atoms with Crippen LogP contribution in [0, 0.1) is 0 Å². The summed E-state index contributed by atoms with van der Waals surface area (Å²) < 4.78 is 0. The van der Waals surface area contributed by atoms with Gasteiger partial charge in [-0.1, -0.05) is 11.6 Å². The maximum Gasteiger partial charge on any atom is 0.253 e. The van der Waals surface area contributed by atoms with Crippen LogP contribution in [0.4, 0.5) is 11.4 Å². The second-order valence-electron chi connectivity index (χ2n) is 6.01. The van der Waals surface area contributed by atoms with E-state index in [1.54, 1.807) is 24.3 Å². The SMILES string of the molecule is CC(=O)Nc1ccc(C(=O)N2CCN(c3ccc(Cl)cc3)CC2)cc1. The van der Waals surface area contributed by atoms with Crippen LogP contribution in [0.15, 0.2) is 48.5 Å². The summed E-state index contributed by atoms with van der Waals surface area (Å²) >= 11 is 5.93. The Morgan fingerprint density at radius 3 is 2.08 bits per heavy atom. The van der Waals surface area contributed by atoms with Gasteiger partial charge < -0.3 is 15.1 Å². The first-order valence-electron chi connectivity index (χ1n) is 8.20. The van der Waals surface area contributed by atoms with Gasteiger partial charge >= 0.3 is 0 Å². The Hall–Kier alpha value is -2.53. The number of carbonyl (C=O) groups is 2. The van der Waals surface area contributed by atoms with E-state index in [1.807, 2.05) is 29.2 Å². The number of nitrogens with one attached hydrogen (secondary N) is 1. The third-order valence-corrected chi connectivity index (χ3v) is 4.46. The molecule has 1 saturated heterocycles. The van der Waals surface area contributed by atoms with Crippen LogP contribution in [-0.4, -0.2) is 42.9 Å². The fourth-order valence-corrected chi connectivity index (χ4v) is 3.03. The van der Waals surface area contributed by atoms with Gasteiger partial charge in [0.2, 0.25) is 5.91 Å². The predicted molar refractivity (Wildman–Crippen MR) is 100 cm³/mol. The molecule has 6 heteroatoms. The van der Waals surface area contributed by atoms with Crippen LogP contribution < -0.4 is 10.2 Å². The molecule has 5 nitrogen and oxygen atoms in total. The van der Waals surface area contributed by atoms with Crippen molar-refractivity contribution in [2.75, 3.05) is 36.4 Å². The monoisotopic (exact) mass is 357 g/mol. The summed E-state index contributed by atoms with van der Waals surface area (Å²) in [5, 5.41) is 3.42. The van der Waals surface area contributed by atoms with Crippen molar-refractivity contribution >= 4 is 34.8 Å². The molecule has 2 aromatic carbocycles. The Morgan fingerprint density at radius 1 is 0.920 bits per heavy atom. The van der Waals surface area contributed by atoms with E-state index in [0.717, 1.165) is 23.8 Å². The van der Waals surface area contributed by atoms with E-state index < -0.39 is 0 Å². The number of anilines is 2. The molecule has 1 N–H and O–H groups in total. The number of amides is 2. The minimum atomic E-state index is -0.127. The van der Waals surface area contributed by atoms with Gasteiger partial charge in [0, 0.05) is 55.1 Å². The largest absolute Gasteiger partial charge is 0.368 e. The zero-order valence-electron chi connectivity index (χ0n) is 14.0. The molecule has 130 valence electrons. The highest BCUT2D eigenvalue weighted by Gasteiger charge is 2.22. The van der Waals surface area contributed by atoms with Crippen molar-refractivity contribution in [3.05, 3.63) is 59.1 Å². The smallest absolute Gasteiger partial charge is 0.253 e.